The number of hydrogen-bond donors (Lipinski definition) is 2. The monoisotopic (exact) mass is 255 g/mol. The third-order valence-electron chi connectivity index (χ3n) is 2.75. The van der Waals surface area contributed by atoms with Crippen LogP contribution in [0.3, 0.4) is 0 Å². The molecule has 0 amide bonds. The van der Waals surface area contributed by atoms with E-state index in [1.54, 1.807) is 11.9 Å². The summed E-state index contributed by atoms with van der Waals surface area (Å²) in [6.45, 7) is 4.68. The second-order valence-corrected chi connectivity index (χ2v) is 4.81. The lowest BCUT2D eigenvalue weighted by atomic mass is 10.1. The number of nitrogens with one attached hydrogen (secondary N) is 1. The molecule has 0 aromatic heterocycles. The lowest BCUT2D eigenvalue weighted by Crippen LogP contribution is -2.23. The normalized spacial score (nSPS) is 10.8. The van der Waals surface area contributed by atoms with Crippen molar-refractivity contribution in [3.05, 3.63) is 29.3 Å². The van der Waals surface area contributed by atoms with E-state index in [0.717, 1.165) is 18.6 Å². The van der Waals surface area contributed by atoms with Crippen LogP contribution in [0.5, 0.6) is 0 Å². The van der Waals surface area contributed by atoms with Gasteiger partial charge in [-0.1, -0.05) is 13.8 Å². The van der Waals surface area contributed by atoms with Crippen LogP contribution >= 0.6 is 0 Å². The van der Waals surface area contributed by atoms with E-state index in [1.807, 2.05) is 0 Å². The van der Waals surface area contributed by atoms with E-state index in [1.165, 1.54) is 0 Å². The molecule has 3 nitrogen and oxygen atoms in total. The minimum Gasteiger partial charge on any atom is -0.384 e. The Morgan fingerprint density at radius 2 is 1.83 bits per heavy atom. The molecule has 0 fully saturated rings. The molecular formula is C13H19F2N3. The molecule has 0 aliphatic heterocycles. The van der Waals surface area contributed by atoms with Gasteiger partial charge in [-0.3, -0.25) is 5.41 Å². The number of nitrogens with two attached hydrogens (primary N) is 1. The van der Waals surface area contributed by atoms with Gasteiger partial charge >= 0.3 is 0 Å². The summed E-state index contributed by atoms with van der Waals surface area (Å²) in [6, 6.07) is 2.18. The number of rotatable bonds is 5. The molecule has 0 saturated heterocycles. The lowest BCUT2D eigenvalue weighted by molar-refractivity contribution is 0.552. The van der Waals surface area contributed by atoms with Crippen LogP contribution in [0.1, 0.15) is 25.8 Å². The van der Waals surface area contributed by atoms with Gasteiger partial charge in [-0.15, -0.1) is 0 Å². The highest BCUT2D eigenvalue weighted by atomic mass is 19.1. The average molecular weight is 255 g/mol. The molecule has 3 N–H and O–H groups in total. The highest BCUT2D eigenvalue weighted by molar-refractivity contribution is 5.95. The molecule has 0 unspecified atom stereocenters. The van der Waals surface area contributed by atoms with E-state index in [-0.39, 0.29) is 17.1 Å². The first kappa shape index (κ1) is 14.4. The third-order valence-corrected chi connectivity index (χ3v) is 2.75. The molecule has 100 valence electrons. The van der Waals surface area contributed by atoms with Crippen molar-refractivity contribution in [2.45, 2.75) is 20.3 Å². The Morgan fingerprint density at radius 1 is 1.33 bits per heavy atom. The molecule has 0 spiro atoms. The fraction of sp³-hybridized carbons (Fsp3) is 0.462. The predicted molar refractivity (Wildman–Crippen MR) is 70.1 cm³/mol. The Balaban J connectivity index is 2.99. The van der Waals surface area contributed by atoms with Crippen LogP contribution in [0.25, 0.3) is 0 Å². The van der Waals surface area contributed by atoms with Crippen LogP contribution in [0.2, 0.25) is 0 Å². The molecule has 5 heteroatoms. The number of halogens is 2. The molecule has 1 rings (SSSR count). The van der Waals surface area contributed by atoms with E-state index in [2.05, 4.69) is 13.8 Å². The molecule has 0 heterocycles. The zero-order valence-electron chi connectivity index (χ0n) is 10.9. The molecule has 18 heavy (non-hydrogen) atoms. The summed E-state index contributed by atoms with van der Waals surface area (Å²) >= 11 is 0. The van der Waals surface area contributed by atoms with Crippen LogP contribution in [-0.2, 0) is 0 Å². The van der Waals surface area contributed by atoms with E-state index < -0.39 is 11.6 Å². The Labute approximate surface area is 106 Å². The quantitative estimate of drug-likeness (QED) is 0.628. The number of anilines is 1. The summed E-state index contributed by atoms with van der Waals surface area (Å²) in [5.74, 6) is -1.25. The second-order valence-electron chi connectivity index (χ2n) is 4.81. The molecule has 0 bridgehead atoms. The summed E-state index contributed by atoms with van der Waals surface area (Å²) in [5, 5.41) is 7.17. The lowest BCUT2D eigenvalue weighted by Gasteiger charge is -2.22. The van der Waals surface area contributed by atoms with Gasteiger partial charge in [-0.2, -0.15) is 0 Å². The van der Waals surface area contributed by atoms with Gasteiger partial charge in [0.05, 0.1) is 0 Å². The minimum atomic E-state index is -0.688. The van der Waals surface area contributed by atoms with E-state index in [0.29, 0.717) is 12.5 Å². The number of amidine groups is 1. The Kier molecular flexibility index (Phi) is 4.64. The maximum Gasteiger partial charge on any atom is 0.150 e. The number of benzene rings is 1. The fourth-order valence-corrected chi connectivity index (χ4v) is 1.65. The van der Waals surface area contributed by atoms with Crippen molar-refractivity contribution < 1.29 is 8.78 Å². The minimum absolute atomic E-state index is 0.0611. The van der Waals surface area contributed by atoms with Gasteiger partial charge in [0, 0.05) is 19.2 Å². The number of hydrogen-bond acceptors (Lipinski definition) is 2. The smallest absolute Gasteiger partial charge is 0.150 e. The van der Waals surface area contributed by atoms with Crippen molar-refractivity contribution in [2.24, 2.45) is 11.7 Å². The molecule has 1 aromatic carbocycles. The first-order valence-electron chi connectivity index (χ1n) is 5.87. The van der Waals surface area contributed by atoms with Gasteiger partial charge in [-0.05, 0) is 24.5 Å². The molecule has 0 saturated carbocycles. The van der Waals surface area contributed by atoms with Gasteiger partial charge in [0.25, 0.3) is 0 Å². The van der Waals surface area contributed by atoms with Crippen molar-refractivity contribution in [3.8, 4) is 0 Å². The second kappa shape index (κ2) is 5.80. The zero-order chi connectivity index (χ0) is 13.9. The Hall–Kier alpha value is -1.65. The topological polar surface area (TPSA) is 53.1 Å². The first-order valence-corrected chi connectivity index (χ1v) is 5.87. The van der Waals surface area contributed by atoms with Crippen molar-refractivity contribution in [3.63, 3.8) is 0 Å². The Bertz CT molecular complexity index is 421. The van der Waals surface area contributed by atoms with E-state index >= 15 is 0 Å². The summed E-state index contributed by atoms with van der Waals surface area (Å²) in [6.07, 6.45) is 0.851. The summed E-state index contributed by atoms with van der Waals surface area (Å²) < 4.78 is 27.6. The standard InChI is InChI=1S/C13H19F2N3/c1-8(2)4-5-18(3)12-10(14)6-9(13(16)17)7-11(12)15/h6-8H,4-5H2,1-3H3,(H3,16,17). The van der Waals surface area contributed by atoms with Crippen LogP contribution < -0.4 is 10.6 Å². The fourth-order valence-electron chi connectivity index (χ4n) is 1.65. The third kappa shape index (κ3) is 3.42. The average Bonchev–Trinajstić information content (AvgIpc) is 2.25. The van der Waals surface area contributed by atoms with Crippen molar-refractivity contribution in [1.29, 1.82) is 5.41 Å². The van der Waals surface area contributed by atoms with Crippen LogP contribution in [0.4, 0.5) is 14.5 Å². The number of nitrogen functional groups attached to an aromatic ring is 1. The maximum absolute atomic E-state index is 13.8. The molecule has 0 aliphatic rings. The zero-order valence-corrected chi connectivity index (χ0v) is 10.9. The summed E-state index contributed by atoms with van der Waals surface area (Å²) in [5.41, 5.74) is 5.20. The molecular weight excluding hydrogens is 236 g/mol. The van der Waals surface area contributed by atoms with Gasteiger partial charge < -0.3 is 10.6 Å². The van der Waals surface area contributed by atoms with E-state index in [4.69, 9.17) is 11.1 Å². The van der Waals surface area contributed by atoms with Gasteiger partial charge in [0.1, 0.15) is 23.2 Å². The highest BCUT2D eigenvalue weighted by Crippen LogP contribution is 2.24. The largest absolute Gasteiger partial charge is 0.384 e. The van der Waals surface area contributed by atoms with Crippen molar-refractivity contribution >= 4 is 11.5 Å². The van der Waals surface area contributed by atoms with Crippen LogP contribution in [0, 0.1) is 23.0 Å². The van der Waals surface area contributed by atoms with Crippen molar-refractivity contribution in [2.75, 3.05) is 18.5 Å². The summed E-state index contributed by atoms with van der Waals surface area (Å²) in [7, 11) is 1.65. The van der Waals surface area contributed by atoms with Gasteiger partial charge in [0.15, 0.2) is 0 Å². The highest BCUT2D eigenvalue weighted by Gasteiger charge is 2.16. The molecule has 0 radical (unpaired) electrons. The van der Waals surface area contributed by atoms with Crippen LogP contribution in [-0.4, -0.2) is 19.4 Å². The van der Waals surface area contributed by atoms with Crippen LogP contribution in [0.15, 0.2) is 12.1 Å². The number of nitrogens with zero attached hydrogens (tertiary/aromatic N) is 1. The first-order chi connectivity index (χ1) is 8.32. The van der Waals surface area contributed by atoms with Gasteiger partial charge in [-0.25, -0.2) is 8.78 Å². The predicted octanol–water partition coefficient (Wildman–Crippen LogP) is 2.73. The Morgan fingerprint density at radius 3 is 2.22 bits per heavy atom. The van der Waals surface area contributed by atoms with E-state index in [9.17, 15) is 8.78 Å². The maximum atomic E-state index is 13.8. The summed E-state index contributed by atoms with van der Waals surface area (Å²) in [4.78, 5) is 1.55. The SMILES string of the molecule is CC(C)CCN(C)c1c(F)cc(C(=N)N)cc1F. The van der Waals surface area contributed by atoms with Gasteiger partial charge in [0.2, 0.25) is 0 Å². The molecule has 0 atom stereocenters. The molecule has 1 aromatic rings. The van der Waals surface area contributed by atoms with Crippen molar-refractivity contribution in [1.82, 2.24) is 0 Å². The molecule has 0 aliphatic carbocycles.